The third-order valence-corrected chi connectivity index (χ3v) is 1.74. The Labute approximate surface area is 56.2 Å². The normalized spacial score (nSPS) is 10.2. The maximum absolute atomic E-state index is 3.91. The fraction of sp³-hybridized carbons (Fsp3) is 0. The van der Waals surface area contributed by atoms with Gasteiger partial charge in [-0.05, 0) is 0 Å². The molecule has 0 aliphatic rings. The topological polar surface area (TPSA) is 25.8 Å². The molecule has 0 aliphatic heterocycles. The minimum atomic E-state index is 0.902. The van der Waals surface area contributed by atoms with Gasteiger partial charge in [-0.3, -0.25) is 0 Å². The van der Waals surface area contributed by atoms with E-state index in [0.29, 0.717) is 0 Å². The molecule has 0 fully saturated rings. The second-order valence-corrected chi connectivity index (χ2v) is 2.33. The molecular weight excluding hydrogens is 132 g/mol. The zero-order chi connectivity index (χ0) is 6.10. The number of nitrogens with zero attached hydrogens (tertiary/aromatic N) is 2. The van der Waals surface area contributed by atoms with Crippen molar-refractivity contribution < 1.29 is 0 Å². The molecule has 0 spiro atoms. The Morgan fingerprint density at radius 3 is 2.22 bits per heavy atom. The van der Waals surface area contributed by atoms with Crippen LogP contribution in [0.4, 0.5) is 0 Å². The third kappa shape index (κ3) is 0.695. The van der Waals surface area contributed by atoms with Gasteiger partial charge in [-0.15, -0.1) is 11.3 Å². The number of rotatable bonds is 0. The Hall–Kier alpha value is -0.960. The molecule has 0 saturated heterocycles. The van der Waals surface area contributed by atoms with Gasteiger partial charge in [0.25, 0.3) is 0 Å². The van der Waals surface area contributed by atoms with E-state index in [2.05, 4.69) is 22.4 Å². The van der Waals surface area contributed by atoms with Crippen molar-refractivity contribution in [1.29, 1.82) is 0 Å². The summed E-state index contributed by atoms with van der Waals surface area (Å²) >= 11 is 1.59. The molecule has 0 bridgehead atoms. The van der Waals surface area contributed by atoms with Crippen molar-refractivity contribution in [3.8, 4) is 0 Å². The summed E-state index contributed by atoms with van der Waals surface area (Å²) in [5.41, 5.74) is 1.80. The predicted octanol–water partition coefficient (Wildman–Crippen LogP) is 1.29. The lowest BCUT2D eigenvalue weighted by atomic mass is 10.5. The van der Waals surface area contributed by atoms with Crippen molar-refractivity contribution in [1.82, 2.24) is 9.97 Å². The summed E-state index contributed by atoms with van der Waals surface area (Å²) in [5.74, 6) is 0. The van der Waals surface area contributed by atoms with Crippen LogP contribution in [0.3, 0.4) is 0 Å². The van der Waals surface area contributed by atoms with E-state index >= 15 is 0 Å². The van der Waals surface area contributed by atoms with E-state index in [1.165, 1.54) is 0 Å². The monoisotopic (exact) mass is 134 g/mol. The van der Waals surface area contributed by atoms with E-state index in [9.17, 15) is 0 Å². The van der Waals surface area contributed by atoms with Crippen molar-refractivity contribution in [3.05, 3.63) is 23.2 Å². The molecule has 9 heavy (non-hydrogen) atoms. The highest BCUT2D eigenvalue weighted by molar-refractivity contribution is 7.09. The van der Waals surface area contributed by atoms with Crippen molar-refractivity contribution >= 4 is 22.4 Å². The molecule has 0 aromatic carbocycles. The van der Waals surface area contributed by atoms with Crippen LogP contribution in [0.25, 0.3) is 11.0 Å². The first-order chi connectivity index (χ1) is 4.47. The SMILES string of the molecule is [c]1[c]nc2cscc2n1. The Kier molecular flexibility index (Phi) is 0.960. The molecule has 2 heterocycles. The van der Waals surface area contributed by atoms with Crippen molar-refractivity contribution in [2.24, 2.45) is 0 Å². The summed E-state index contributed by atoms with van der Waals surface area (Å²) in [4.78, 5) is 7.82. The van der Waals surface area contributed by atoms with Gasteiger partial charge in [0.05, 0.1) is 0 Å². The number of hydrogen-bond donors (Lipinski definition) is 0. The van der Waals surface area contributed by atoms with Crippen LogP contribution in [0.5, 0.6) is 0 Å². The number of thiophene rings is 1. The van der Waals surface area contributed by atoms with Gasteiger partial charge in [-0.2, -0.15) is 0 Å². The van der Waals surface area contributed by atoms with Crippen LogP contribution in [-0.4, -0.2) is 9.97 Å². The second kappa shape index (κ2) is 1.77. The Morgan fingerprint density at radius 2 is 1.67 bits per heavy atom. The molecule has 3 heteroatoms. The summed E-state index contributed by atoms with van der Waals surface area (Å²) in [6.45, 7) is 0. The molecule has 2 aromatic heterocycles. The molecule has 2 nitrogen and oxygen atoms in total. The summed E-state index contributed by atoms with van der Waals surface area (Å²) < 4.78 is 0. The van der Waals surface area contributed by atoms with Crippen molar-refractivity contribution in [2.45, 2.75) is 0 Å². The Bertz CT molecular complexity index is 285. The highest BCUT2D eigenvalue weighted by atomic mass is 32.1. The standard InChI is InChI=1S/C6H2N2S/c1-2-8-6-4-9-3-5(6)7-1/h3-4H. The van der Waals surface area contributed by atoms with Crippen LogP contribution in [0, 0.1) is 12.4 Å². The van der Waals surface area contributed by atoms with Crippen molar-refractivity contribution in [2.75, 3.05) is 0 Å². The maximum Gasteiger partial charge on any atom is 0.120 e. The highest BCUT2D eigenvalue weighted by Gasteiger charge is 1.91. The first-order valence-corrected chi connectivity index (χ1v) is 3.39. The average Bonchev–Trinajstić information content (AvgIpc) is 2.33. The van der Waals surface area contributed by atoms with Gasteiger partial charge in [0.2, 0.25) is 0 Å². The van der Waals surface area contributed by atoms with Crippen LogP contribution < -0.4 is 0 Å². The number of fused-ring (bicyclic) bond motifs is 1. The predicted molar refractivity (Wildman–Crippen MR) is 35.1 cm³/mol. The number of aromatic nitrogens is 2. The minimum absolute atomic E-state index is 0.902. The molecule has 0 unspecified atom stereocenters. The van der Waals surface area contributed by atoms with E-state index in [1.807, 2.05) is 10.8 Å². The van der Waals surface area contributed by atoms with Gasteiger partial charge < -0.3 is 0 Å². The van der Waals surface area contributed by atoms with E-state index in [-0.39, 0.29) is 0 Å². The fourth-order valence-corrected chi connectivity index (χ4v) is 1.29. The average molecular weight is 134 g/mol. The summed E-state index contributed by atoms with van der Waals surface area (Å²) in [6, 6.07) is 0. The van der Waals surface area contributed by atoms with Gasteiger partial charge in [0, 0.05) is 10.8 Å². The van der Waals surface area contributed by atoms with Gasteiger partial charge in [0.15, 0.2) is 0 Å². The molecular formula is C6H2N2S. The van der Waals surface area contributed by atoms with E-state index in [1.54, 1.807) is 11.3 Å². The molecule has 0 saturated carbocycles. The van der Waals surface area contributed by atoms with Gasteiger partial charge in [-0.1, -0.05) is 0 Å². The molecule has 2 aromatic rings. The molecule has 42 valence electrons. The Balaban J connectivity index is 2.95. The smallest absolute Gasteiger partial charge is 0.120 e. The van der Waals surface area contributed by atoms with Crippen LogP contribution in [-0.2, 0) is 0 Å². The van der Waals surface area contributed by atoms with Crippen LogP contribution in [0.15, 0.2) is 10.8 Å². The zero-order valence-electron chi connectivity index (χ0n) is 4.46. The van der Waals surface area contributed by atoms with E-state index in [4.69, 9.17) is 0 Å². The molecule has 0 N–H and O–H groups in total. The molecule has 2 radical (unpaired) electrons. The molecule has 0 aliphatic carbocycles. The zero-order valence-corrected chi connectivity index (χ0v) is 5.27. The molecule has 0 atom stereocenters. The lowest BCUT2D eigenvalue weighted by Crippen LogP contribution is -1.74. The van der Waals surface area contributed by atoms with Crippen molar-refractivity contribution in [3.63, 3.8) is 0 Å². The van der Waals surface area contributed by atoms with Crippen LogP contribution in [0.1, 0.15) is 0 Å². The fourth-order valence-electron chi connectivity index (χ4n) is 0.621. The maximum atomic E-state index is 3.91. The largest absolute Gasteiger partial charge is 0.241 e. The third-order valence-electron chi connectivity index (χ3n) is 1.02. The molecule has 2 rings (SSSR count). The van der Waals surface area contributed by atoms with Gasteiger partial charge >= 0.3 is 0 Å². The Morgan fingerprint density at radius 1 is 1.11 bits per heavy atom. The summed E-state index contributed by atoms with van der Waals surface area (Å²) in [7, 11) is 0. The first kappa shape index (κ1) is 4.88. The molecule has 0 amide bonds. The van der Waals surface area contributed by atoms with Crippen LogP contribution >= 0.6 is 11.3 Å². The van der Waals surface area contributed by atoms with Gasteiger partial charge in [0.1, 0.15) is 23.4 Å². The number of hydrogen-bond acceptors (Lipinski definition) is 3. The van der Waals surface area contributed by atoms with E-state index in [0.717, 1.165) is 11.0 Å². The van der Waals surface area contributed by atoms with E-state index < -0.39 is 0 Å². The second-order valence-electron chi connectivity index (χ2n) is 1.59. The van der Waals surface area contributed by atoms with Crippen LogP contribution in [0.2, 0.25) is 0 Å². The quantitative estimate of drug-likeness (QED) is 0.542. The van der Waals surface area contributed by atoms with Gasteiger partial charge in [-0.25, -0.2) is 9.97 Å². The summed E-state index contributed by atoms with van der Waals surface area (Å²) in [6.07, 6.45) is 5.08. The lowest BCUT2D eigenvalue weighted by molar-refractivity contribution is 1.28. The lowest BCUT2D eigenvalue weighted by Gasteiger charge is -1.79. The summed E-state index contributed by atoms with van der Waals surface area (Å²) in [5, 5.41) is 3.87. The highest BCUT2D eigenvalue weighted by Crippen LogP contribution is 2.11. The first-order valence-electron chi connectivity index (χ1n) is 2.44. The minimum Gasteiger partial charge on any atom is -0.241 e.